The fourth-order valence-corrected chi connectivity index (χ4v) is 3.64. The monoisotopic (exact) mass is 302 g/mol. The fourth-order valence-electron chi connectivity index (χ4n) is 1.24. The number of anilines is 1. The number of nitrogens with two attached hydrogens (primary N) is 2. The Morgan fingerprint density at radius 2 is 2.06 bits per heavy atom. The highest BCUT2D eigenvalue weighted by atomic mass is 32.2. The number of hydrogen-bond acceptors (Lipinski definition) is 7. The van der Waals surface area contributed by atoms with E-state index < -0.39 is 10.0 Å². The summed E-state index contributed by atoms with van der Waals surface area (Å²) in [5.41, 5.74) is 5.99. The van der Waals surface area contributed by atoms with Gasteiger partial charge in [0.25, 0.3) is 0 Å². The van der Waals surface area contributed by atoms with Crippen molar-refractivity contribution in [1.82, 2.24) is 9.36 Å². The molecule has 0 aliphatic heterocycles. The molecule has 4 N–H and O–H groups in total. The summed E-state index contributed by atoms with van der Waals surface area (Å²) in [6.45, 7) is 1.79. The van der Waals surface area contributed by atoms with Crippen LogP contribution in [0.5, 0.6) is 0 Å². The number of benzene rings is 1. The third-order valence-corrected chi connectivity index (χ3v) is 4.65. The normalized spacial score (nSPS) is 11.7. The minimum atomic E-state index is -3.76. The summed E-state index contributed by atoms with van der Waals surface area (Å²) < 4.78 is 27.3. The summed E-state index contributed by atoms with van der Waals surface area (Å²) in [7, 11) is -3.76. The van der Waals surface area contributed by atoms with Crippen LogP contribution in [0.15, 0.2) is 32.3 Å². The zero-order chi connectivity index (χ0) is 13.3. The van der Waals surface area contributed by atoms with Gasteiger partial charge in [-0.25, -0.2) is 18.5 Å². The lowest BCUT2D eigenvalue weighted by molar-refractivity contribution is 0.597. The Bertz CT molecular complexity index is 681. The highest BCUT2D eigenvalue weighted by Gasteiger charge is 2.11. The second-order valence-electron chi connectivity index (χ2n) is 3.49. The lowest BCUT2D eigenvalue weighted by atomic mass is 10.3. The van der Waals surface area contributed by atoms with Crippen LogP contribution in [-0.2, 0) is 10.0 Å². The van der Waals surface area contributed by atoms with Gasteiger partial charge in [0.05, 0.1) is 4.90 Å². The van der Waals surface area contributed by atoms with Gasteiger partial charge < -0.3 is 5.73 Å². The van der Waals surface area contributed by atoms with Crippen molar-refractivity contribution in [2.75, 3.05) is 5.73 Å². The smallest absolute Gasteiger partial charge is 0.238 e. The van der Waals surface area contributed by atoms with Crippen molar-refractivity contribution < 1.29 is 8.42 Å². The lowest BCUT2D eigenvalue weighted by Crippen LogP contribution is -2.12. The maximum absolute atomic E-state index is 11.3. The van der Waals surface area contributed by atoms with Crippen molar-refractivity contribution in [2.24, 2.45) is 5.14 Å². The van der Waals surface area contributed by atoms with Crippen molar-refractivity contribution >= 4 is 39.0 Å². The van der Waals surface area contributed by atoms with E-state index in [0.29, 0.717) is 16.4 Å². The summed E-state index contributed by atoms with van der Waals surface area (Å²) in [5.74, 6) is 0.679. The number of sulfonamides is 1. The molecule has 0 spiro atoms. The summed E-state index contributed by atoms with van der Waals surface area (Å²) in [6, 6.07) is 4.45. The van der Waals surface area contributed by atoms with Crippen LogP contribution >= 0.6 is 23.3 Å². The number of aryl methyl sites for hydroxylation is 1. The molecule has 0 bridgehead atoms. The highest BCUT2D eigenvalue weighted by molar-refractivity contribution is 8.01. The molecule has 96 valence electrons. The summed E-state index contributed by atoms with van der Waals surface area (Å²) in [5, 5.41) is 5.07. The SMILES string of the molecule is Cc1nsc(Sc2cc(N)cc(S(N)(=O)=O)c2)n1. The van der Waals surface area contributed by atoms with E-state index in [4.69, 9.17) is 10.9 Å². The number of nitrogen functional groups attached to an aromatic ring is 1. The quantitative estimate of drug-likeness (QED) is 0.825. The Morgan fingerprint density at radius 1 is 1.33 bits per heavy atom. The predicted octanol–water partition coefficient (Wildman–Crippen LogP) is 1.23. The molecule has 18 heavy (non-hydrogen) atoms. The molecule has 0 fully saturated rings. The van der Waals surface area contributed by atoms with Crippen molar-refractivity contribution in [1.29, 1.82) is 0 Å². The van der Waals surface area contributed by atoms with Gasteiger partial charge in [-0.3, -0.25) is 0 Å². The zero-order valence-electron chi connectivity index (χ0n) is 9.32. The Kier molecular flexibility index (Phi) is 3.57. The molecule has 9 heteroatoms. The molecule has 0 atom stereocenters. The highest BCUT2D eigenvalue weighted by Crippen LogP contribution is 2.31. The molecule has 6 nitrogen and oxygen atoms in total. The van der Waals surface area contributed by atoms with E-state index in [1.807, 2.05) is 0 Å². The molecule has 0 saturated heterocycles. The van der Waals surface area contributed by atoms with Crippen molar-refractivity contribution in [3.05, 3.63) is 24.0 Å². The molecule has 0 radical (unpaired) electrons. The third kappa shape index (κ3) is 3.19. The van der Waals surface area contributed by atoms with E-state index >= 15 is 0 Å². The van der Waals surface area contributed by atoms with E-state index in [-0.39, 0.29) is 4.90 Å². The lowest BCUT2D eigenvalue weighted by Gasteiger charge is -2.04. The van der Waals surface area contributed by atoms with E-state index in [1.165, 1.54) is 35.4 Å². The Balaban J connectivity index is 2.37. The Morgan fingerprint density at radius 3 is 2.61 bits per heavy atom. The number of hydrogen-bond donors (Lipinski definition) is 2. The van der Waals surface area contributed by atoms with Crippen molar-refractivity contribution in [3.8, 4) is 0 Å². The predicted molar refractivity (Wildman–Crippen MR) is 71.0 cm³/mol. The van der Waals surface area contributed by atoms with Crippen LogP contribution in [0.3, 0.4) is 0 Å². The van der Waals surface area contributed by atoms with E-state index in [0.717, 1.165) is 4.34 Å². The minimum absolute atomic E-state index is 0.00811. The van der Waals surface area contributed by atoms with E-state index in [1.54, 1.807) is 13.0 Å². The van der Waals surface area contributed by atoms with Gasteiger partial charge in [-0.2, -0.15) is 4.37 Å². The molecule has 0 aliphatic carbocycles. The summed E-state index contributed by atoms with van der Waals surface area (Å²) in [4.78, 5) is 4.83. The van der Waals surface area contributed by atoms with Gasteiger partial charge >= 0.3 is 0 Å². The van der Waals surface area contributed by atoms with Crippen LogP contribution in [-0.4, -0.2) is 17.8 Å². The maximum Gasteiger partial charge on any atom is 0.238 e. The molecule has 0 amide bonds. The van der Waals surface area contributed by atoms with Gasteiger partial charge in [0.15, 0.2) is 4.34 Å². The molecule has 1 aromatic heterocycles. The molecular weight excluding hydrogens is 292 g/mol. The van der Waals surface area contributed by atoms with E-state index in [9.17, 15) is 8.42 Å². The van der Waals surface area contributed by atoms with Crippen LogP contribution in [0.2, 0.25) is 0 Å². The van der Waals surface area contributed by atoms with Crippen molar-refractivity contribution in [3.63, 3.8) is 0 Å². The largest absolute Gasteiger partial charge is 0.399 e. The number of nitrogens with zero attached hydrogens (tertiary/aromatic N) is 2. The first kappa shape index (κ1) is 13.3. The molecule has 1 aromatic carbocycles. The molecular formula is C9H10N4O2S3. The maximum atomic E-state index is 11.3. The number of rotatable bonds is 3. The van der Waals surface area contributed by atoms with Gasteiger partial charge in [-0.15, -0.1) is 0 Å². The molecule has 1 heterocycles. The Hall–Kier alpha value is -1.16. The average molecular weight is 302 g/mol. The van der Waals surface area contributed by atoms with Crippen LogP contribution in [0.1, 0.15) is 5.82 Å². The second kappa shape index (κ2) is 4.84. The van der Waals surface area contributed by atoms with Gasteiger partial charge in [0, 0.05) is 10.6 Å². The minimum Gasteiger partial charge on any atom is -0.399 e. The summed E-state index contributed by atoms with van der Waals surface area (Å²) in [6.07, 6.45) is 0. The van der Waals surface area contributed by atoms with Gasteiger partial charge in [-0.05, 0) is 36.7 Å². The van der Waals surface area contributed by atoms with Crippen LogP contribution < -0.4 is 10.9 Å². The third-order valence-electron chi connectivity index (χ3n) is 1.95. The first-order valence-corrected chi connectivity index (χ1v) is 7.90. The number of primary sulfonamides is 1. The van der Waals surface area contributed by atoms with Gasteiger partial charge in [-0.1, -0.05) is 11.8 Å². The number of aromatic nitrogens is 2. The zero-order valence-corrected chi connectivity index (χ0v) is 11.8. The molecule has 2 aromatic rings. The van der Waals surface area contributed by atoms with Crippen molar-refractivity contribution in [2.45, 2.75) is 21.1 Å². The topological polar surface area (TPSA) is 112 Å². The van der Waals surface area contributed by atoms with E-state index in [2.05, 4.69) is 9.36 Å². The van der Waals surface area contributed by atoms with Gasteiger partial charge in [0.2, 0.25) is 10.0 Å². The molecule has 2 rings (SSSR count). The van der Waals surface area contributed by atoms with Crippen LogP contribution in [0.4, 0.5) is 5.69 Å². The van der Waals surface area contributed by atoms with Crippen LogP contribution in [0.25, 0.3) is 0 Å². The fraction of sp³-hybridized carbons (Fsp3) is 0.111. The molecule has 0 unspecified atom stereocenters. The van der Waals surface area contributed by atoms with Crippen LogP contribution in [0, 0.1) is 6.92 Å². The molecule has 0 saturated carbocycles. The average Bonchev–Trinajstić information content (AvgIpc) is 2.61. The van der Waals surface area contributed by atoms with Gasteiger partial charge in [0.1, 0.15) is 5.82 Å². The Labute approximate surface area is 113 Å². The first-order valence-electron chi connectivity index (χ1n) is 4.76. The molecule has 0 aliphatic rings. The standard InChI is InChI=1S/C9H10N4O2S3/c1-5-12-9(17-13-5)16-7-2-6(10)3-8(4-7)18(11,14)15/h2-4H,10H2,1H3,(H2,11,14,15). The first-order chi connectivity index (χ1) is 8.34. The second-order valence-corrected chi connectivity index (χ2v) is 7.13. The summed E-state index contributed by atoms with van der Waals surface area (Å²) >= 11 is 2.54.